The Labute approximate surface area is 441 Å². The normalized spacial score (nSPS) is 24.2. The van der Waals surface area contributed by atoms with Gasteiger partial charge < -0.3 is 5.32 Å². The van der Waals surface area contributed by atoms with E-state index in [0.29, 0.717) is 35.2 Å². The molecule has 12 rings (SSSR count). The van der Waals surface area contributed by atoms with Crippen molar-refractivity contribution in [3.63, 3.8) is 0 Å². The van der Waals surface area contributed by atoms with Crippen molar-refractivity contribution in [2.75, 3.05) is 77.3 Å². The molecule has 4 N–H and O–H groups in total. The summed E-state index contributed by atoms with van der Waals surface area (Å²) >= 11 is 0. The molecule has 0 bridgehead atoms. The SMILES string of the molecule is Cc1ccc(CN2CCC(c3cccc(F)n3)CC2)cc1-c1ccc2c(n1)N(C)S(=O)(=O)N2CC1CC1(F)F.Cc1ccc(CN2CCC3(CC2)NCNC3=O)cc1-c1ccc2c(n1)N(C)S(O)(O)N2CC1CC1(F)F. The molecule has 2 saturated carbocycles. The highest BCUT2D eigenvalue weighted by Gasteiger charge is 2.60. The standard InChI is InChI=1S/C28H30F3N5O2S.C25H32F2N6O3S/c1-18-6-7-19(16-35-12-10-20(11-13-35)23-4-3-5-26(29)32-23)14-22(18)24-8-9-25-27(33-24)34(2)39(37,38)36(25)17-21-15-28(21,30)31;1-16-3-4-17(13-32-9-7-24(8-10-32)23(34)28-15-29-24)11-19(16)20-5-6-21-22(30-20)31(2)37(35,36)33(21)14-18-12-25(18,26)27/h3-9,14,20-21H,10-13,15-17H2,1-2H3;3-6,11,18,29,35-36H,7-10,12-15H2,1-2H3,(H,28,34). The number of aryl methyl sites for hydroxylation is 2. The quantitative estimate of drug-likeness (QED) is 0.0732. The van der Waals surface area contributed by atoms with Gasteiger partial charge >= 0.3 is 10.2 Å². The van der Waals surface area contributed by atoms with Crippen LogP contribution in [-0.4, -0.2) is 126 Å². The molecule has 8 heterocycles. The summed E-state index contributed by atoms with van der Waals surface area (Å²) in [6.45, 7) is 9.02. The van der Waals surface area contributed by atoms with Gasteiger partial charge in [-0.05, 0) is 134 Å². The molecule has 23 heteroatoms. The zero-order valence-corrected chi connectivity index (χ0v) is 44.3. The number of nitrogens with one attached hydrogen (secondary N) is 2. The molecule has 5 fully saturated rings. The molecule has 1 spiro atoms. The zero-order chi connectivity index (χ0) is 53.7. The average Bonchev–Trinajstić information content (AvgIpc) is 4.14. The summed E-state index contributed by atoms with van der Waals surface area (Å²) in [5, 5.41) is 6.20. The number of piperidine rings is 2. The van der Waals surface area contributed by atoms with Crippen molar-refractivity contribution in [3.05, 3.63) is 113 Å². The molecule has 3 saturated heterocycles. The van der Waals surface area contributed by atoms with Crippen LogP contribution in [0.3, 0.4) is 0 Å². The van der Waals surface area contributed by atoms with E-state index in [-0.39, 0.29) is 43.6 Å². The highest BCUT2D eigenvalue weighted by atomic mass is 32.3. The number of carbonyl (C=O) groups excluding carboxylic acids is 1. The summed E-state index contributed by atoms with van der Waals surface area (Å²) in [5.41, 5.74) is 8.56. The lowest BCUT2D eigenvalue weighted by Crippen LogP contribution is -2.54. The second kappa shape index (κ2) is 19.3. The maximum atomic E-state index is 13.6. The van der Waals surface area contributed by atoms with Crippen molar-refractivity contribution >= 4 is 50.1 Å². The van der Waals surface area contributed by atoms with Crippen LogP contribution in [0.25, 0.3) is 22.5 Å². The van der Waals surface area contributed by atoms with Crippen molar-refractivity contribution in [1.29, 1.82) is 0 Å². The second-order valence-electron chi connectivity index (χ2n) is 21.4. The fraction of sp³-hybridized carbons (Fsp3) is 0.472. The zero-order valence-electron chi connectivity index (χ0n) is 42.7. The van der Waals surface area contributed by atoms with Crippen molar-refractivity contribution in [2.45, 2.75) is 88.8 Å². The summed E-state index contributed by atoms with van der Waals surface area (Å²) in [6, 6.07) is 24.4. The predicted molar refractivity (Wildman–Crippen MR) is 283 cm³/mol. The molecule has 5 aromatic rings. The smallest absolute Gasteiger partial charge is 0.327 e. The second-order valence-corrected chi connectivity index (χ2v) is 25.3. The van der Waals surface area contributed by atoms with Gasteiger partial charge in [-0.3, -0.25) is 29.0 Å². The third kappa shape index (κ3) is 9.84. The number of amides is 1. The first kappa shape index (κ1) is 52.4. The number of aromatic nitrogens is 3. The number of likely N-dealkylation sites (tertiary alicyclic amines) is 2. The highest BCUT2D eigenvalue weighted by molar-refractivity contribution is 8.26. The van der Waals surface area contributed by atoms with Gasteiger partial charge in [0.2, 0.25) is 11.9 Å². The van der Waals surface area contributed by atoms with Crippen LogP contribution in [0.2, 0.25) is 0 Å². The maximum Gasteiger partial charge on any atom is 0.327 e. The van der Waals surface area contributed by atoms with E-state index in [0.717, 1.165) is 113 Å². The third-order valence-electron chi connectivity index (χ3n) is 16.3. The molecule has 76 heavy (non-hydrogen) atoms. The van der Waals surface area contributed by atoms with Crippen LogP contribution >= 0.6 is 11.0 Å². The van der Waals surface area contributed by atoms with E-state index < -0.39 is 56.3 Å². The summed E-state index contributed by atoms with van der Waals surface area (Å²) in [5.74, 6) is -6.91. The lowest BCUT2D eigenvalue weighted by molar-refractivity contribution is -0.125. The van der Waals surface area contributed by atoms with Gasteiger partial charge in [0, 0.05) is 101 Å². The van der Waals surface area contributed by atoms with Gasteiger partial charge in [-0.15, -0.1) is 0 Å². The number of pyridine rings is 3. The van der Waals surface area contributed by atoms with Gasteiger partial charge in [-0.1, -0.05) is 30.3 Å². The van der Waals surface area contributed by atoms with Crippen LogP contribution in [0.1, 0.15) is 72.4 Å². The monoisotopic (exact) mass is 1090 g/mol. The van der Waals surface area contributed by atoms with Crippen LogP contribution in [0.5, 0.6) is 0 Å². The van der Waals surface area contributed by atoms with Crippen molar-refractivity contribution in [2.24, 2.45) is 11.8 Å². The molecule has 2 aromatic carbocycles. The van der Waals surface area contributed by atoms with E-state index in [1.165, 1.54) is 28.8 Å². The Kier molecular flexibility index (Phi) is 13.3. The van der Waals surface area contributed by atoms with Gasteiger partial charge in [-0.2, -0.15) is 12.8 Å². The Hall–Kier alpha value is -5.69. The minimum absolute atomic E-state index is 0.0958. The molecule has 2 aliphatic carbocycles. The lowest BCUT2D eigenvalue weighted by atomic mass is 9.87. The number of halogens is 5. The van der Waals surface area contributed by atoms with E-state index in [1.54, 1.807) is 24.3 Å². The number of carbonyl (C=O) groups is 1. The van der Waals surface area contributed by atoms with Gasteiger partial charge in [0.25, 0.3) is 11.8 Å². The highest BCUT2D eigenvalue weighted by Crippen LogP contribution is 2.62. The molecule has 2 atom stereocenters. The van der Waals surface area contributed by atoms with E-state index in [9.17, 15) is 44.3 Å². The molecule has 0 radical (unpaired) electrons. The molecular formula is C53H62F5N11O5S2. The first-order valence-electron chi connectivity index (χ1n) is 25.7. The van der Waals surface area contributed by atoms with Gasteiger partial charge in [0.1, 0.15) is 11.2 Å². The third-order valence-corrected chi connectivity index (χ3v) is 20.0. The Morgan fingerprint density at radius 1 is 0.684 bits per heavy atom. The van der Waals surface area contributed by atoms with Crippen LogP contribution in [0.15, 0.2) is 78.9 Å². The molecule has 1 amide bonds. The predicted octanol–water partition coefficient (Wildman–Crippen LogP) is 8.69. The van der Waals surface area contributed by atoms with Crippen molar-refractivity contribution in [3.8, 4) is 22.5 Å². The number of anilines is 4. The topological polar surface area (TPSA) is 174 Å². The Bertz CT molecular complexity index is 3200. The number of fused-ring (bicyclic) bond motifs is 2. The summed E-state index contributed by atoms with van der Waals surface area (Å²) in [6.07, 6.45) is 2.82. The molecule has 16 nitrogen and oxygen atoms in total. The fourth-order valence-corrected chi connectivity index (χ4v) is 14.1. The average molecular weight is 1090 g/mol. The van der Waals surface area contributed by atoms with Crippen molar-refractivity contribution in [1.82, 2.24) is 35.4 Å². The molecule has 2 unspecified atom stereocenters. The minimum Gasteiger partial charge on any atom is -0.342 e. The number of benzene rings is 2. The van der Waals surface area contributed by atoms with Crippen LogP contribution in [-0.2, 0) is 28.1 Å². The van der Waals surface area contributed by atoms with E-state index >= 15 is 0 Å². The molecule has 5 aliphatic heterocycles. The number of hydrogen-bond acceptors (Lipinski definition) is 13. The van der Waals surface area contributed by atoms with E-state index in [4.69, 9.17) is 4.98 Å². The summed E-state index contributed by atoms with van der Waals surface area (Å²) < 4.78 is 120. The molecule has 7 aliphatic rings. The largest absolute Gasteiger partial charge is 0.342 e. The van der Waals surface area contributed by atoms with E-state index in [1.807, 2.05) is 32.0 Å². The Balaban J connectivity index is 0.000000162. The van der Waals surface area contributed by atoms with Crippen LogP contribution in [0.4, 0.5) is 45.0 Å². The summed E-state index contributed by atoms with van der Waals surface area (Å²) in [7, 11) is -4.47. The Morgan fingerprint density at radius 3 is 1.71 bits per heavy atom. The maximum absolute atomic E-state index is 13.6. The number of rotatable bonds is 11. The van der Waals surface area contributed by atoms with Crippen LogP contribution < -0.4 is 27.9 Å². The van der Waals surface area contributed by atoms with Crippen molar-refractivity contribution < 1.29 is 44.3 Å². The number of alkyl halides is 4. The summed E-state index contributed by atoms with van der Waals surface area (Å²) in [4.78, 5) is 30.4. The fourth-order valence-electron chi connectivity index (χ4n) is 11.2. The number of nitrogens with zero attached hydrogens (tertiary/aromatic N) is 9. The molecule has 406 valence electrons. The van der Waals surface area contributed by atoms with Gasteiger partial charge in [0.15, 0.2) is 11.6 Å². The van der Waals surface area contributed by atoms with E-state index in [2.05, 4.69) is 60.7 Å². The van der Waals surface area contributed by atoms with Gasteiger partial charge in [0.05, 0.1) is 23.7 Å². The molecule has 3 aromatic heterocycles. The Morgan fingerprint density at radius 2 is 1.20 bits per heavy atom. The first-order chi connectivity index (χ1) is 36.0. The molecular weight excluding hydrogens is 1030 g/mol. The van der Waals surface area contributed by atoms with Crippen LogP contribution in [0, 0.1) is 31.6 Å². The lowest BCUT2D eigenvalue weighted by Gasteiger charge is -2.41. The minimum atomic E-state index is -3.95. The first-order valence-corrected chi connectivity index (χ1v) is 28.5. The van der Waals surface area contributed by atoms with Gasteiger partial charge in [-0.25, -0.2) is 49.7 Å². The number of hydrogen-bond donors (Lipinski definition) is 4.